The molecule has 2 aromatic rings. The molecule has 0 radical (unpaired) electrons. The van der Waals surface area contributed by atoms with E-state index in [1.165, 1.54) is 11.3 Å². The van der Waals surface area contributed by atoms with Gasteiger partial charge in [-0.1, -0.05) is 72.4 Å². The van der Waals surface area contributed by atoms with Crippen molar-refractivity contribution in [1.29, 1.82) is 0 Å². The number of nitrogens with zero attached hydrogens (tertiary/aromatic N) is 3. The van der Waals surface area contributed by atoms with E-state index in [0.29, 0.717) is 30.1 Å². The van der Waals surface area contributed by atoms with Crippen LogP contribution in [0.25, 0.3) is 0 Å². The number of hydrogen-bond acceptors (Lipinski definition) is 9. The number of carboxylic acids is 1. The van der Waals surface area contributed by atoms with Crippen molar-refractivity contribution in [3.8, 4) is 0 Å². The fraction of sp³-hybridized carbons (Fsp3) is 0.690. The molecule has 13 heteroatoms. The molecular formula is C42H68N6O6S. The second kappa shape index (κ2) is 21.7. The number of likely N-dealkylation sites (tertiary alicyclic amines) is 1. The molecule has 3 rings (SSSR count). The molecule has 0 spiro atoms. The third-order valence-electron chi connectivity index (χ3n) is 11.2. The van der Waals surface area contributed by atoms with Crippen molar-refractivity contribution in [3.63, 3.8) is 0 Å². The number of nitrogens with one attached hydrogen (secondary N) is 2. The molecule has 1 aromatic carbocycles. The average molecular weight is 785 g/mol. The molecule has 2 heterocycles. The number of thiazole rings is 1. The van der Waals surface area contributed by atoms with Gasteiger partial charge in [-0.25, -0.2) is 4.98 Å². The summed E-state index contributed by atoms with van der Waals surface area (Å²) in [6, 6.07) is 6.79. The maximum Gasteiger partial charge on any atom is 0.309 e. The van der Waals surface area contributed by atoms with Crippen molar-refractivity contribution in [3.05, 3.63) is 40.2 Å². The lowest BCUT2D eigenvalue weighted by Crippen LogP contribution is -2.56. The summed E-state index contributed by atoms with van der Waals surface area (Å²) in [7, 11) is 2.01. The number of aliphatic hydroxyl groups is 1. The Morgan fingerprint density at radius 1 is 1.05 bits per heavy atom. The maximum absolute atomic E-state index is 14.7. The molecule has 1 saturated heterocycles. The molecule has 0 unspecified atom stereocenters. The molecule has 6 N–H and O–H groups in total. The highest BCUT2D eigenvalue weighted by atomic mass is 32.1. The summed E-state index contributed by atoms with van der Waals surface area (Å²) in [4.78, 5) is 62.9. The number of nitrogens with two attached hydrogens (primary N) is 1. The van der Waals surface area contributed by atoms with E-state index in [9.17, 15) is 29.4 Å². The van der Waals surface area contributed by atoms with Gasteiger partial charge in [0.15, 0.2) is 0 Å². The van der Waals surface area contributed by atoms with Gasteiger partial charge in [0.25, 0.3) is 0 Å². The van der Waals surface area contributed by atoms with Crippen molar-refractivity contribution in [2.75, 3.05) is 31.2 Å². The molecule has 1 aliphatic rings. The number of nitrogen functional groups attached to an aromatic ring is 1. The van der Waals surface area contributed by atoms with Crippen LogP contribution in [0.3, 0.4) is 0 Å². The van der Waals surface area contributed by atoms with Crippen LogP contribution in [0.2, 0.25) is 0 Å². The summed E-state index contributed by atoms with van der Waals surface area (Å²) in [5.41, 5.74) is 6.16. The molecule has 3 amide bonds. The normalized spacial score (nSPS) is 17.9. The van der Waals surface area contributed by atoms with Crippen molar-refractivity contribution in [1.82, 2.24) is 20.1 Å². The number of aliphatic hydroxyl groups excluding tert-OH is 1. The largest absolute Gasteiger partial charge is 0.481 e. The van der Waals surface area contributed by atoms with E-state index in [1.807, 2.05) is 51.8 Å². The number of carbonyl (C=O) groups is 4. The minimum atomic E-state index is -1.15. The van der Waals surface area contributed by atoms with Crippen LogP contribution in [0.1, 0.15) is 129 Å². The Balaban J connectivity index is 1.84. The molecule has 1 fully saturated rings. The van der Waals surface area contributed by atoms with Crippen LogP contribution < -0.4 is 16.4 Å². The third kappa shape index (κ3) is 13.6. The highest BCUT2D eigenvalue weighted by Crippen LogP contribution is 2.33. The fourth-order valence-corrected chi connectivity index (χ4v) is 8.15. The Morgan fingerprint density at radius 2 is 1.75 bits per heavy atom. The van der Waals surface area contributed by atoms with E-state index in [4.69, 9.17) is 5.73 Å². The summed E-state index contributed by atoms with van der Waals surface area (Å²) in [5, 5.41) is 29.6. The van der Waals surface area contributed by atoms with Crippen molar-refractivity contribution in [2.24, 2.45) is 29.1 Å². The van der Waals surface area contributed by atoms with Crippen molar-refractivity contribution in [2.45, 2.75) is 137 Å². The lowest BCUT2D eigenvalue weighted by molar-refractivity contribution is -0.149. The summed E-state index contributed by atoms with van der Waals surface area (Å²) in [5.74, 6) is -3.24. The van der Waals surface area contributed by atoms with Crippen molar-refractivity contribution < 1.29 is 29.4 Å². The second-order valence-corrected chi connectivity index (χ2v) is 17.5. The van der Waals surface area contributed by atoms with Crippen LogP contribution >= 0.6 is 11.3 Å². The number of unbranched alkanes of at least 4 members (excludes halogenated alkanes) is 3. The van der Waals surface area contributed by atoms with Gasteiger partial charge in [0.2, 0.25) is 17.7 Å². The lowest BCUT2D eigenvalue weighted by atomic mass is 9.80. The Kier molecular flexibility index (Phi) is 18.1. The van der Waals surface area contributed by atoms with Gasteiger partial charge >= 0.3 is 5.97 Å². The number of carboxylic acid groups (broad SMARTS) is 1. The topological polar surface area (TPSA) is 178 Å². The zero-order valence-electron chi connectivity index (χ0n) is 34.5. The SMILES string of the molecule is CCCCCCN(C(=O)[C@H](C(=O)N[C@H]1CCCCN1C)[C@@H](C)CC)[C@H](C[C@@H](O)c1nc(NC(=O)[C@@H](Cc2ccc(N)cc2)CC(C)(C)C(=O)O)cs1)C(C)C. The maximum atomic E-state index is 14.7. The van der Waals surface area contributed by atoms with E-state index in [-0.39, 0.29) is 60.4 Å². The van der Waals surface area contributed by atoms with Crippen molar-refractivity contribution >= 4 is 46.5 Å². The van der Waals surface area contributed by atoms with Gasteiger partial charge in [-0.2, -0.15) is 0 Å². The first-order valence-corrected chi connectivity index (χ1v) is 21.2. The van der Waals surface area contributed by atoms with Gasteiger partial charge in [-0.15, -0.1) is 11.3 Å². The molecule has 12 nitrogen and oxygen atoms in total. The van der Waals surface area contributed by atoms with E-state index in [0.717, 1.165) is 57.1 Å². The summed E-state index contributed by atoms with van der Waals surface area (Å²) in [6.07, 6.45) is 6.99. The number of piperidine rings is 1. The molecule has 0 bridgehead atoms. The molecule has 308 valence electrons. The van der Waals surface area contributed by atoms with Gasteiger partial charge in [0.1, 0.15) is 22.8 Å². The second-order valence-electron chi connectivity index (χ2n) is 16.6. The molecule has 6 atom stereocenters. The minimum absolute atomic E-state index is 0.0271. The lowest BCUT2D eigenvalue weighted by Gasteiger charge is -2.39. The predicted molar refractivity (Wildman–Crippen MR) is 220 cm³/mol. The molecule has 55 heavy (non-hydrogen) atoms. The zero-order valence-corrected chi connectivity index (χ0v) is 35.3. The number of rotatable bonds is 22. The van der Waals surface area contributed by atoms with E-state index in [1.54, 1.807) is 31.4 Å². The monoisotopic (exact) mass is 784 g/mol. The highest BCUT2D eigenvalue weighted by Gasteiger charge is 2.40. The molecule has 0 aliphatic carbocycles. The molecule has 1 aliphatic heterocycles. The zero-order chi connectivity index (χ0) is 40.9. The van der Waals surface area contributed by atoms with Gasteiger partial charge in [0.05, 0.1) is 11.6 Å². The van der Waals surface area contributed by atoms with Gasteiger partial charge in [-0.3, -0.25) is 24.1 Å². The van der Waals surface area contributed by atoms with Crippen LogP contribution in [0.5, 0.6) is 0 Å². The smallest absolute Gasteiger partial charge is 0.309 e. The Hall–Kier alpha value is -3.55. The number of aliphatic carboxylic acids is 1. The number of amides is 3. The average Bonchev–Trinajstić information content (AvgIpc) is 3.60. The number of benzene rings is 1. The number of aromatic nitrogens is 1. The predicted octanol–water partition coefficient (Wildman–Crippen LogP) is 7.10. The standard InChI is InChI=1S/C42H68N6O6S/c1-9-11-12-14-22-48(40(52)36(28(5)10-2)38(51)46-35-16-13-15-21-47(35)8)32(27(3)4)24-33(49)39-45-34(26-55-39)44-37(50)30(25-42(6,7)41(53)54)23-29-17-19-31(43)20-18-29/h17-20,26-28,30,32-33,35-36,49H,9-16,21-25,43H2,1-8H3,(H,44,50)(H,46,51)(H,53,54)/t28-,30-,32+,33+,35+,36-/m0/s1. The Labute approximate surface area is 333 Å². The number of carbonyl (C=O) groups excluding carboxylic acids is 3. The number of hydrogen-bond donors (Lipinski definition) is 5. The van der Waals surface area contributed by atoms with Crippen LogP contribution in [-0.2, 0) is 25.6 Å². The van der Waals surface area contributed by atoms with E-state index >= 15 is 0 Å². The first-order valence-electron chi connectivity index (χ1n) is 20.3. The van der Waals surface area contributed by atoms with Crippen LogP contribution in [-0.4, -0.2) is 81.0 Å². The molecule has 1 aromatic heterocycles. The summed E-state index contributed by atoms with van der Waals surface area (Å²) in [6.45, 7) is 14.8. The minimum Gasteiger partial charge on any atom is -0.481 e. The molecular weight excluding hydrogens is 717 g/mol. The first kappa shape index (κ1) is 45.8. The summed E-state index contributed by atoms with van der Waals surface area (Å²) < 4.78 is 0. The first-order chi connectivity index (χ1) is 26.0. The Morgan fingerprint density at radius 3 is 2.35 bits per heavy atom. The van der Waals surface area contributed by atoms with Gasteiger partial charge in [-0.05, 0) is 95.5 Å². The quantitative estimate of drug-likeness (QED) is 0.0473. The molecule has 0 saturated carbocycles. The van der Waals surface area contributed by atoms with Gasteiger partial charge < -0.3 is 31.5 Å². The van der Waals surface area contributed by atoms with Crippen LogP contribution in [0.4, 0.5) is 11.5 Å². The fourth-order valence-electron chi connectivity index (χ4n) is 7.40. The van der Waals surface area contributed by atoms with E-state index < -0.39 is 29.3 Å². The highest BCUT2D eigenvalue weighted by molar-refractivity contribution is 7.10. The van der Waals surface area contributed by atoms with Crippen LogP contribution in [0.15, 0.2) is 29.6 Å². The number of anilines is 2. The Bertz CT molecular complexity index is 1530. The van der Waals surface area contributed by atoms with Crippen LogP contribution in [0, 0.1) is 29.1 Å². The van der Waals surface area contributed by atoms with Gasteiger partial charge in [0, 0.05) is 36.0 Å². The van der Waals surface area contributed by atoms with E-state index in [2.05, 4.69) is 27.4 Å². The summed E-state index contributed by atoms with van der Waals surface area (Å²) >= 11 is 1.22. The third-order valence-corrected chi connectivity index (χ3v) is 12.2.